The molecule has 0 aliphatic carbocycles. The lowest BCUT2D eigenvalue weighted by atomic mass is 10.0. The second-order valence-electron chi connectivity index (χ2n) is 3.24. The molecular weight excluding hydrogens is 223 g/mol. The first kappa shape index (κ1) is 11.2. The topological polar surface area (TPSA) is 0 Å². The van der Waals surface area contributed by atoms with Gasteiger partial charge in [-0.05, 0) is 35.8 Å². The summed E-state index contributed by atoms with van der Waals surface area (Å²) in [5.41, 5.74) is 1.22. The lowest BCUT2D eigenvalue weighted by Crippen LogP contribution is -2.00. The number of hydrogen-bond acceptors (Lipinski definition) is 1. The van der Waals surface area contributed by atoms with E-state index in [0.717, 1.165) is 12.2 Å². The van der Waals surface area contributed by atoms with Crippen LogP contribution >= 0.6 is 35.8 Å². The van der Waals surface area contributed by atoms with Crippen LogP contribution in [-0.2, 0) is 6.42 Å². The maximum atomic E-state index is 5.89. The molecule has 0 amide bonds. The van der Waals surface area contributed by atoms with E-state index < -0.39 is 0 Å². The lowest BCUT2D eigenvalue weighted by Gasteiger charge is -2.08. The summed E-state index contributed by atoms with van der Waals surface area (Å²) in [4.78, 5) is 0. The zero-order valence-corrected chi connectivity index (χ0v) is 9.83. The van der Waals surface area contributed by atoms with E-state index in [-0.39, 0.29) is 0 Å². The van der Waals surface area contributed by atoms with Gasteiger partial charge in [-0.25, -0.2) is 0 Å². The molecule has 13 heavy (non-hydrogen) atoms. The van der Waals surface area contributed by atoms with E-state index >= 15 is 0 Å². The molecule has 0 nitrogen and oxygen atoms in total. The van der Waals surface area contributed by atoms with Crippen molar-refractivity contribution in [2.45, 2.75) is 13.3 Å². The van der Waals surface area contributed by atoms with Crippen LogP contribution in [-0.4, -0.2) is 5.75 Å². The second kappa shape index (κ2) is 5.14. The normalized spacial score (nSPS) is 12.9. The van der Waals surface area contributed by atoms with Crippen LogP contribution in [0.5, 0.6) is 0 Å². The number of benzene rings is 1. The zero-order valence-electron chi connectivity index (χ0n) is 7.43. The summed E-state index contributed by atoms with van der Waals surface area (Å²) in [6, 6.07) is 5.77. The van der Waals surface area contributed by atoms with Crippen LogP contribution in [0.4, 0.5) is 0 Å². The third kappa shape index (κ3) is 3.41. The van der Waals surface area contributed by atoms with Crippen molar-refractivity contribution < 1.29 is 0 Å². The molecule has 1 unspecified atom stereocenters. The van der Waals surface area contributed by atoms with Crippen LogP contribution in [0.25, 0.3) is 0 Å². The average Bonchev–Trinajstić information content (AvgIpc) is 2.11. The Kier molecular flexibility index (Phi) is 4.43. The maximum absolute atomic E-state index is 5.89. The van der Waals surface area contributed by atoms with Crippen LogP contribution in [0.15, 0.2) is 18.2 Å². The lowest BCUT2D eigenvalue weighted by molar-refractivity contribution is 0.660. The van der Waals surface area contributed by atoms with Crippen LogP contribution in [0.3, 0.4) is 0 Å². The Morgan fingerprint density at radius 2 is 2.00 bits per heavy atom. The van der Waals surface area contributed by atoms with Crippen molar-refractivity contribution in [3.63, 3.8) is 0 Å². The first-order chi connectivity index (χ1) is 6.13. The minimum Gasteiger partial charge on any atom is -0.179 e. The fraction of sp³-hybridized carbons (Fsp3) is 0.400. The van der Waals surface area contributed by atoms with Crippen molar-refractivity contribution in [3.8, 4) is 0 Å². The van der Waals surface area contributed by atoms with Crippen LogP contribution < -0.4 is 0 Å². The third-order valence-corrected chi connectivity index (χ3v) is 3.24. The molecular formula is C10H12Cl2S. The molecule has 3 heteroatoms. The molecule has 0 heterocycles. The van der Waals surface area contributed by atoms with E-state index in [1.54, 1.807) is 0 Å². The Balaban J connectivity index is 2.73. The van der Waals surface area contributed by atoms with Gasteiger partial charge in [0.1, 0.15) is 0 Å². The zero-order chi connectivity index (χ0) is 9.84. The van der Waals surface area contributed by atoms with Crippen LogP contribution in [0.2, 0.25) is 10.0 Å². The highest BCUT2D eigenvalue weighted by atomic mass is 35.5. The van der Waals surface area contributed by atoms with Gasteiger partial charge in [-0.2, -0.15) is 12.6 Å². The fourth-order valence-electron chi connectivity index (χ4n) is 1.13. The van der Waals surface area contributed by atoms with Gasteiger partial charge in [-0.1, -0.05) is 36.2 Å². The highest BCUT2D eigenvalue weighted by molar-refractivity contribution is 7.80. The summed E-state index contributed by atoms with van der Waals surface area (Å²) in [6.07, 6.45) is 1.00. The first-order valence-electron chi connectivity index (χ1n) is 4.18. The van der Waals surface area contributed by atoms with Gasteiger partial charge in [-0.15, -0.1) is 0 Å². The minimum atomic E-state index is 0.570. The second-order valence-corrected chi connectivity index (χ2v) is 4.42. The van der Waals surface area contributed by atoms with E-state index in [4.69, 9.17) is 23.2 Å². The molecule has 1 rings (SSSR count). The Morgan fingerprint density at radius 1 is 1.31 bits per heavy atom. The van der Waals surface area contributed by atoms with Crippen LogP contribution in [0, 0.1) is 5.92 Å². The number of rotatable bonds is 3. The average molecular weight is 235 g/mol. The third-order valence-electron chi connectivity index (χ3n) is 1.88. The molecule has 0 aromatic heterocycles. The summed E-state index contributed by atoms with van der Waals surface area (Å²) in [7, 11) is 0. The van der Waals surface area contributed by atoms with Gasteiger partial charge in [0.15, 0.2) is 0 Å². The summed E-state index contributed by atoms with van der Waals surface area (Å²) in [5.74, 6) is 1.46. The molecule has 72 valence electrons. The molecule has 0 saturated carbocycles. The summed E-state index contributed by atoms with van der Waals surface area (Å²) >= 11 is 15.9. The van der Waals surface area contributed by atoms with Gasteiger partial charge in [0.25, 0.3) is 0 Å². The Hall–Kier alpha value is 0.150. The summed E-state index contributed by atoms with van der Waals surface area (Å²) in [5, 5.41) is 1.24. The molecule has 0 N–H and O–H groups in total. The van der Waals surface area contributed by atoms with Crippen molar-refractivity contribution in [2.75, 3.05) is 5.75 Å². The van der Waals surface area contributed by atoms with Crippen molar-refractivity contribution in [3.05, 3.63) is 33.8 Å². The van der Waals surface area contributed by atoms with E-state index in [1.807, 2.05) is 18.2 Å². The molecule has 0 saturated heterocycles. The minimum absolute atomic E-state index is 0.570. The van der Waals surface area contributed by atoms with Crippen molar-refractivity contribution in [2.24, 2.45) is 5.92 Å². The van der Waals surface area contributed by atoms with Crippen molar-refractivity contribution in [1.29, 1.82) is 0 Å². The number of thiol groups is 1. The van der Waals surface area contributed by atoms with Crippen molar-refractivity contribution in [1.82, 2.24) is 0 Å². The fourth-order valence-corrected chi connectivity index (χ4v) is 1.58. The molecule has 1 atom stereocenters. The number of hydrogen-bond donors (Lipinski definition) is 1. The number of halogens is 2. The molecule has 0 spiro atoms. The SMILES string of the molecule is CC(CS)Cc1ccc(Cl)c(Cl)c1. The Morgan fingerprint density at radius 3 is 2.54 bits per heavy atom. The molecule has 1 aromatic carbocycles. The van der Waals surface area contributed by atoms with E-state index in [2.05, 4.69) is 19.6 Å². The molecule has 1 aromatic rings. The van der Waals surface area contributed by atoms with Gasteiger partial charge in [0.05, 0.1) is 10.0 Å². The Bertz CT molecular complexity index is 286. The van der Waals surface area contributed by atoms with Gasteiger partial charge in [0, 0.05) is 0 Å². The quantitative estimate of drug-likeness (QED) is 0.749. The van der Waals surface area contributed by atoms with Crippen LogP contribution in [0.1, 0.15) is 12.5 Å². The molecule has 0 aliphatic rings. The molecule has 0 bridgehead atoms. The van der Waals surface area contributed by atoms with Gasteiger partial charge in [0.2, 0.25) is 0 Å². The summed E-state index contributed by atoms with van der Waals surface area (Å²) in [6.45, 7) is 2.16. The predicted octanol–water partition coefficient (Wildman–Crippen LogP) is 4.10. The monoisotopic (exact) mass is 234 g/mol. The highest BCUT2D eigenvalue weighted by Crippen LogP contribution is 2.23. The van der Waals surface area contributed by atoms with E-state index in [0.29, 0.717) is 16.0 Å². The van der Waals surface area contributed by atoms with Crippen molar-refractivity contribution >= 4 is 35.8 Å². The highest BCUT2D eigenvalue weighted by Gasteiger charge is 2.03. The van der Waals surface area contributed by atoms with Gasteiger partial charge >= 0.3 is 0 Å². The smallest absolute Gasteiger partial charge is 0.0595 e. The molecule has 0 fully saturated rings. The first-order valence-corrected chi connectivity index (χ1v) is 5.57. The summed E-state index contributed by atoms with van der Waals surface area (Å²) < 4.78 is 0. The van der Waals surface area contributed by atoms with E-state index in [1.165, 1.54) is 5.56 Å². The molecule has 0 aliphatic heterocycles. The standard InChI is InChI=1S/C10H12Cl2S/c1-7(6-13)4-8-2-3-9(11)10(12)5-8/h2-3,5,7,13H,4,6H2,1H3. The van der Waals surface area contributed by atoms with Gasteiger partial charge < -0.3 is 0 Å². The largest absolute Gasteiger partial charge is 0.179 e. The Labute approximate surface area is 94.7 Å². The van der Waals surface area contributed by atoms with Gasteiger partial charge in [-0.3, -0.25) is 0 Å². The molecule has 0 radical (unpaired) electrons. The predicted molar refractivity (Wildman–Crippen MR) is 63.2 cm³/mol. The van der Waals surface area contributed by atoms with E-state index in [9.17, 15) is 0 Å². The maximum Gasteiger partial charge on any atom is 0.0595 e.